The number of ether oxygens (including phenoxy) is 2. The molecule has 116 valence electrons. The second-order valence-electron chi connectivity index (χ2n) is 4.95. The number of nitrogens with zero attached hydrogens (tertiary/aromatic N) is 1. The highest BCUT2D eigenvalue weighted by atomic mass is 16.5. The molecule has 0 aromatic rings. The van der Waals surface area contributed by atoms with Crippen molar-refractivity contribution in [3.05, 3.63) is 0 Å². The molecule has 2 unspecified atom stereocenters. The maximum atomic E-state index is 12.1. The molecule has 1 aliphatic heterocycles. The van der Waals surface area contributed by atoms with Crippen molar-refractivity contribution in [2.75, 3.05) is 40.4 Å². The summed E-state index contributed by atoms with van der Waals surface area (Å²) in [6.45, 7) is 1.61. The SMILES string of the molecule is COCCCNC(=O)CN(C)C(=O)C1CCC(CN)O1. The van der Waals surface area contributed by atoms with Gasteiger partial charge in [-0.2, -0.15) is 0 Å². The molecule has 0 aromatic carbocycles. The van der Waals surface area contributed by atoms with Gasteiger partial charge in [0.25, 0.3) is 5.91 Å². The fourth-order valence-electron chi connectivity index (χ4n) is 2.10. The van der Waals surface area contributed by atoms with E-state index in [1.807, 2.05) is 0 Å². The Morgan fingerprint density at radius 2 is 2.20 bits per heavy atom. The molecule has 2 atom stereocenters. The zero-order chi connectivity index (χ0) is 15.0. The van der Waals surface area contributed by atoms with Crippen molar-refractivity contribution in [3.8, 4) is 0 Å². The second kappa shape index (κ2) is 8.89. The average Bonchev–Trinajstić information content (AvgIpc) is 2.91. The minimum absolute atomic E-state index is 0.0406. The third-order valence-electron chi connectivity index (χ3n) is 3.25. The smallest absolute Gasteiger partial charge is 0.251 e. The number of hydrogen-bond acceptors (Lipinski definition) is 5. The molecule has 3 N–H and O–H groups in total. The molecule has 2 amide bonds. The van der Waals surface area contributed by atoms with E-state index in [4.69, 9.17) is 15.2 Å². The van der Waals surface area contributed by atoms with E-state index in [0.717, 1.165) is 12.8 Å². The van der Waals surface area contributed by atoms with Crippen molar-refractivity contribution in [1.82, 2.24) is 10.2 Å². The molecular weight excluding hydrogens is 262 g/mol. The van der Waals surface area contributed by atoms with E-state index in [1.165, 1.54) is 4.90 Å². The quantitative estimate of drug-likeness (QED) is 0.565. The molecule has 1 fully saturated rings. The van der Waals surface area contributed by atoms with Crippen LogP contribution in [0.2, 0.25) is 0 Å². The van der Waals surface area contributed by atoms with Crippen LogP contribution in [-0.4, -0.2) is 69.3 Å². The summed E-state index contributed by atoms with van der Waals surface area (Å²) in [5, 5.41) is 2.74. The number of amides is 2. The standard InChI is InChI=1S/C13H25N3O4/c1-16(9-12(17)15-6-3-7-19-2)13(18)11-5-4-10(8-14)20-11/h10-11H,3-9,14H2,1-2H3,(H,15,17). The van der Waals surface area contributed by atoms with Crippen LogP contribution in [0.1, 0.15) is 19.3 Å². The number of carbonyl (C=O) groups excluding carboxylic acids is 2. The van der Waals surface area contributed by atoms with E-state index in [1.54, 1.807) is 14.2 Å². The first-order valence-electron chi connectivity index (χ1n) is 6.94. The molecule has 1 rings (SSSR count). The largest absolute Gasteiger partial charge is 0.385 e. The van der Waals surface area contributed by atoms with Gasteiger partial charge in [-0.3, -0.25) is 9.59 Å². The molecule has 20 heavy (non-hydrogen) atoms. The van der Waals surface area contributed by atoms with Crippen molar-refractivity contribution >= 4 is 11.8 Å². The van der Waals surface area contributed by atoms with Crippen LogP contribution < -0.4 is 11.1 Å². The summed E-state index contributed by atoms with van der Waals surface area (Å²) >= 11 is 0. The molecule has 1 aliphatic rings. The summed E-state index contributed by atoms with van der Waals surface area (Å²) in [5.74, 6) is -0.335. The Morgan fingerprint density at radius 3 is 2.80 bits per heavy atom. The van der Waals surface area contributed by atoms with Gasteiger partial charge in [0, 0.05) is 33.9 Å². The van der Waals surface area contributed by atoms with Crippen molar-refractivity contribution in [2.45, 2.75) is 31.5 Å². The van der Waals surface area contributed by atoms with E-state index >= 15 is 0 Å². The Labute approximate surface area is 119 Å². The van der Waals surface area contributed by atoms with E-state index in [-0.39, 0.29) is 24.5 Å². The molecule has 0 aromatic heterocycles. The summed E-state index contributed by atoms with van der Waals surface area (Å²) in [4.78, 5) is 25.1. The Balaban J connectivity index is 2.25. The van der Waals surface area contributed by atoms with Gasteiger partial charge in [0.15, 0.2) is 0 Å². The summed E-state index contributed by atoms with van der Waals surface area (Å²) in [6, 6.07) is 0. The first-order chi connectivity index (χ1) is 9.58. The van der Waals surface area contributed by atoms with E-state index in [0.29, 0.717) is 26.1 Å². The van der Waals surface area contributed by atoms with Gasteiger partial charge in [-0.05, 0) is 19.3 Å². The van der Waals surface area contributed by atoms with Gasteiger partial charge in [0.05, 0.1) is 12.6 Å². The summed E-state index contributed by atoms with van der Waals surface area (Å²) in [7, 11) is 3.22. The predicted octanol–water partition coefficient (Wildman–Crippen LogP) is -0.896. The highest BCUT2D eigenvalue weighted by Crippen LogP contribution is 2.20. The van der Waals surface area contributed by atoms with Crippen LogP contribution in [0.3, 0.4) is 0 Å². The predicted molar refractivity (Wildman–Crippen MR) is 74.1 cm³/mol. The molecule has 7 heteroatoms. The lowest BCUT2D eigenvalue weighted by Gasteiger charge is -2.20. The van der Waals surface area contributed by atoms with Crippen molar-refractivity contribution in [2.24, 2.45) is 5.73 Å². The fraction of sp³-hybridized carbons (Fsp3) is 0.846. The fourth-order valence-corrected chi connectivity index (χ4v) is 2.10. The third-order valence-corrected chi connectivity index (χ3v) is 3.25. The monoisotopic (exact) mass is 287 g/mol. The number of rotatable bonds is 8. The third kappa shape index (κ3) is 5.44. The number of likely N-dealkylation sites (N-methyl/N-ethyl adjacent to an activating group) is 1. The lowest BCUT2D eigenvalue weighted by molar-refractivity contribution is -0.144. The lowest BCUT2D eigenvalue weighted by Crippen LogP contribution is -2.43. The van der Waals surface area contributed by atoms with E-state index in [2.05, 4.69) is 5.32 Å². The van der Waals surface area contributed by atoms with Crippen LogP contribution in [0.5, 0.6) is 0 Å². The topological polar surface area (TPSA) is 93.9 Å². The first kappa shape index (κ1) is 16.9. The average molecular weight is 287 g/mol. The minimum atomic E-state index is -0.463. The minimum Gasteiger partial charge on any atom is -0.385 e. The molecule has 7 nitrogen and oxygen atoms in total. The zero-order valence-electron chi connectivity index (χ0n) is 12.3. The molecule has 0 spiro atoms. The maximum absolute atomic E-state index is 12.1. The molecule has 0 radical (unpaired) electrons. The van der Waals surface area contributed by atoms with Crippen LogP contribution in [0.4, 0.5) is 0 Å². The number of nitrogens with two attached hydrogens (primary N) is 1. The first-order valence-corrected chi connectivity index (χ1v) is 6.94. The van der Waals surface area contributed by atoms with E-state index in [9.17, 15) is 9.59 Å². The molecule has 0 aliphatic carbocycles. The van der Waals surface area contributed by atoms with Crippen LogP contribution in [0, 0.1) is 0 Å². The number of hydrogen-bond donors (Lipinski definition) is 2. The molecule has 0 saturated carbocycles. The normalized spacial score (nSPS) is 21.8. The Bertz CT molecular complexity index is 325. The zero-order valence-corrected chi connectivity index (χ0v) is 12.3. The summed E-state index contributed by atoms with van der Waals surface area (Å²) in [5.41, 5.74) is 5.51. The van der Waals surface area contributed by atoms with Gasteiger partial charge in [-0.1, -0.05) is 0 Å². The molecule has 0 bridgehead atoms. The number of nitrogens with one attached hydrogen (secondary N) is 1. The van der Waals surface area contributed by atoms with E-state index < -0.39 is 6.10 Å². The van der Waals surface area contributed by atoms with Crippen LogP contribution in [-0.2, 0) is 19.1 Å². The van der Waals surface area contributed by atoms with Gasteiger partial charge < -0.3 is 25.4 Å². The van der Waals surface area contributed by atoms with Crippen LogP contribution in [0.25, 0.3) is 0 Å². The maximum Gasteiger partial charge on any atom is 0.251 e. The van der Waals surface area contributed by atoms with Crippen LogP contribution in [0.15, 0.2) is 0 Å². The highest BCUT2D eigenvalue weighted by molar-refractivity contribution is 5.86. The van der Waals surface area contributed by atoms with Crippen molar-refractivity contribution in [3.63, 3.8) is 0 Å². The number of methoxy groups -OCH3 is 1. The lowest BCUT2D eigenvalue weighted by atomic mass is 10.2. The Kier molecular flexibility index (Phi) is 7.50. The van der Waals surface area contributed by atoms with Crippen LogP contribution >= 0.6 is 0 Å². The molecular formula is C13H25N3O4. The Morgan fingerprint density at radius 1 is 1.45 bits per heavy atom. The van der Waals surface area contributed by atoms with Gasteiger partial charge in [0.2, 0.25) is 5.91 Å². The second-order valence-corrected chi connectivity index (χ2v) is 4.95. The van der Waals surface area contributed by atoms with Gasteiger partial charge >= 0.3 is 0 Å². The highest BCUT2D eigenvalue weighted by Gasteiger charge is 2.32. The van der Waals surface area contributed by atoms with Crippen molar-refractivity contribution in [1.29, 1.82) is 0 Å². The number of carbonyl (C=O) groups is 2. The Hall–Kier alpha value is -1.18. The molecule has 1 heterocycles. The van der Waals surface area contributed by atoms with Crippen molar-refractivity contribution < 1.29 is 19.1 Å². The van der Waals surface area contributed by atoms with Gasteiger partial charge in [-0.15, -0.1) is 0 Å². The molecule has 1 saturated heterocycles. The van der Waals surface area contributed by atoms with Gasteiger partial charge in [-0.25, -0.2) is 0 Å². The summed E-state index contributed by atoms with van der Waals surface area (Å²) in [6.07, 6.45) is 1.71. The van der Waals surface area contributed by atoms with Gasteiger partial charge in [0.1, 0.15) is 6.10 Å². The summed E-state index contributed by atoms with van der Waals surface area (Å²) < 4.78 is 10.4.